The molecule has 2 heterocycles. The quantitative estimate of drug-likeness (QED) is 0.878. The van der Waals surface area contributed by atoms with Crippen molar-refractivity contribution in [3.05, 3.63) is 64.5 Å². The highest BCUT2D eigenvalue weighted by Crippen LogP contribution is 2.33. The van der Waals surface area contributed by atoms with Crippen molar-refractivity contribution >= 4 is 5.91 Å². The van der Waals surface area contributed by atoms with Gasteiger partial charge in [-0.25, -0.2) is 0 Å². The highest BCUT2D eigenvalue weighted by atomic mass is 16.1. The zero-order valence-electron chi connectivity index (χ0n) is 15.2. The minimum absolute atomic E-state index is 0.252. The van der Waals surface area contributed by atoms with Gasteiger partial charge in [0.05, 0.1) is 11.7 Å². The molecular formula is C21H27N3O. The van der Waals surface area contributed by atoms with Crippen LogP contribution in [0.2, 0.25) is 0 Å². The van der Waals surface area contributed by atoms with Crippen molar-refractivity contribution in [3.8, 4) is 0 Å². The molecular weight excluding hydrogens is 310 g/mol. The number of amides is 1. The van der Waals surface area contributed by atoms with Crippen LogP contribution in [-0.2, 0) is 17.8 Å². The van der Waals surface area contributed by atoms with Gasteiger partial charge in [-0.3, -0.25) is 14.7 Å². The number of hydrogen-bond donors (Lipinski definition) is 1. The first kappa shape index (κ1) is 17.6. The fraction of sp³-hybridized carbons (Fsp3) is 0.429. The average molecular weight is 337 g/mol. The fourth-order valence-electron chi connectivity index (χ4n) is 3.75. The van der Waals surface area contributed by atoms with Crippen LogP contribution in [0, 0.1) is 13.8 Å². The Morgan fingerprint density at radius 1 is 1.24 bits per heavy atom. The number of pyridine rings is 1. The lowest BCUT2D eigenvalue weighted by Crippen LogP contribution is -2.24. The summed E-state index contributed by atoms with van der Waals surface area (Å²) < 4.78 is 0. The third-order valence-corrected chi connectivity index (χ3v) is 4.87. The maximum atomic E-state index is 11.1. The topological polar surface area (TPSA) is 59.2 Å². The van der Waals surface area contributed by atoms with Crippen LogP contribution in [0.4, 0.5) is 0 Å². The zero-order valence-corrected chi connectivity index (χ0v) is 15.2. The molecule has 4 heteroatoms. The number of nitrogens with zero attached hydrogens (tertiary/aromatic N) is 2. The van der Waals surface area contributed by atoms with Crippen molar-refractivity contribution < 1.29 is 4.79 Å². The lowest BCUT2D eigenvalue weighted by atomic mass is 10.0. The van der Waals surface area contributed by atoms with Crippen molar-refractivity contribution in [3.63, 3.8) is 0 Å². The Labute approximate surface area is 150 Å². The summed E-state index contributed by atoms with van der Waals surface area (Å²) in [6.45, 7) is 6.22. The molecule has 25 heavy (non-hydrogen) atoms. The molecule has 0 saturated carbocycles. The smallest absolute Gasteiger partial charge is 0.217 e. The lowest BCUT2D eigenvalue weighted by Gasteiger charge is -2.25. The Kier molecular flexibility index (Phi) is 5.49. The number of carbonyl (C=O) groups excluding carboxylic acids is 1. The van der Waals surface area contributed by atoms with Crippen LogP contribution < -0.4 is 5.73 Å². The monoisotopic (exact) mass is 337 g/mol. The van der Waals surface area contributed by atoms with E-state index < -0.39 is 0 Å². The number of primary amides is 1. The number of nitrogens with two attached hydrogens (primary N) is 1. The molecule has 1 amide bonds. The van der Waals surface area contributed by atoms with E-state index in [1.165, 1.54) is 17.5 Å². The van der Waals surface area contributed by atoms with Crippen molar-refractivity contribution in [1.82, 2.24) is 9.88 Å². The molecule has 0 unspecified atom stereocenters. The van der Waals surface area contributed by atoms with Gasteiger partial charge in [-0.1, -0.05) is 29.8 Å². The molecule has 1 aliphatic heterocycles. The Balaban J connectivity index is 1.78. The molecule has 132 valence electrons. The summed E-state index contributed by atoms with van der Waals surface area (Å²) >= 11 is 0. The average Bonchev–Trinajstić information content (AvgIpc) is 3.00. The summed E-state index contributed by atoms with van der Waals surface area (Å²) in [6, 6.07) is 13.3. The number of likely N-dealkylation sites (tertiary alicyclic amines) is 1. The van der Waals surface area contributed by atoms with Crippen LogP contribution in [-0.4, -0.2) is 22.3 Å². The minimum atomic E-state index is -0.252. The van der Waals surface area contributed by atoms with E-state index in [0.717, 1.165) is 36.5 Å². The van der Waals surface area contributed by atoms with Gasteiger partial charge in [-0.15, -0.1) is 0 Å². The van der Waals surface area contributed by atoms with Crippen LogP contribution in [0.1, 0.15) is 53.4 Å². The van der Waals surface area contributed by atoms with Gasteiger partial charge in [0.1, 0.15) is 0 Å². The third-order valence-electron chi connectivity index (χ3n) is 4.87. The van der Waals surface area contributed by atoms with E-state index in [9.17, 15) is 4.79 Å². The van der Waals surface area contributed by atoms with Gasteiger partial charge in [0.2, 0.25) is 5.91 Å². The first-order valence-electron chi connectivity index (χ1n) is 9.06. The summed E-state index contributed by atoms with van der Waals surface area (Å²) in [4.78, 5) is 18.4. The van der Waals surface area contributed by atoms with Crippen molar-refractivity contribution in [2.24, 2.45) is 5.73 Å². The number of benzene rings is 1. The molecule has 1 atom stereocenters. The van der Waals surface area contributed by atoms with E-state index in [4.69, 9.17) is 10.7 Å². The standard InChI is InChI=1S/C21H27N3O/c1-15-5-3-6-18(11-15)14-24-10-4-7-20(24)19-13-17(8-9-21(22)25)12-16(2)23-19/h3,5-6,11-13,20H,4,7-10,14H2,1-2H3,(H2,22,25)/t20-/m0/s1. The predicted octanol–water partition coefficient (Wildman–Crippen LogP) is 3.45. The second-order valence-electron chi connectivity index (χ2n) is 7.13. The molecule has 2 N–H and O–H groups in total. The number of aryl methyl sites for hydroxylation is 3. The van der Waals surface area contributed by atoms with Crippen molar-refractivity contribution in [2.45, 2.75) is 52.1 Å². The molecule has 0 spiro atoms. The second kappa shape index (κ2) is 7.79. The maximum absolute atomic E-state index is 11.1. The van der Waals surface area contributed by atoms with Crippen LogP contribution in [0.25, 0.3) is 0 Å². The molecule has 1 fully saturated rings. The van der Waals surface area contributed by atoms with Gasteiger partial charge < -0.3 is 5.73 Å². The Hall–Kier alpha value is -2.20. The number of carbonyl (C=O) groups is 1. The highest BCUT2D eigenvalue weighted by Gasteiger charge is 2.27. The highest BCUT2D eigenvalue weighted by molar-refractivity contribution is 5.74. The van der Waals surface area contributed by atoms with Gasteiger partial charge in [0, 0.05) is 18.7 Å². The van der Waals surface area contributed by atoms with Gasteiger partial charge in [-0.05, 0) is 62.9 Å². The zero-order chi connectivity index (χ0) is 17.8. The molecule has 1 aliphatic rings. The van der Waals surface area contributed by atoms with Crippen LogP contribution in [0.3, 0.4) is 0 Å². The molecule has 0 radical (unpaired) electrons. The molecule has 1 aromatic carbocycles. The van der Waals surface area contributed by atoms with E-state index in [2.05, 4.69) is 48.2 Å². The van der Waals surface area contributed by atoms with Gasteiger partial charge >= 0.3 is 0 Å². The summed E-state index contributed by atoms with van der Waals surface area (Å²) in [7, 11) is 0. The number of hydrogen-bond acceptors (Lipinski definition) is 3. The summed E-state index contributed by atoms with van der Waals surface area (Å²) in [5.41, 5.74) is 11.3. The van der Waals surface area contributed by atoms with Gasteiger partial charge in [0.15, 0.2) is 0 Å². The molecule has 1 aromatic heterocycles. The van der Waals surface area contributed by atoms with Crippen LogP contribution in [0.5, 0.6) is 0 Å². The molecule has 4 nitrogen and oxygen atoms in total. The minimum Gasteiger partial charge on any atom is -0.370 e. The lowest BCUT2D eigenvalue weighted by molar-refractivity contribution is -0.117. The molecule has 1 saturated heterocycles. The van der Waals surface area contributed by atoms with E-state index in [1.807, 2.05) is 6.92 Å². The predicted molar refractivity (Wildman–Crippen MR) is 100 cm³/mol. The molecule has 2 aromatic rings. The largest absolute Gasteiger partial charge is 0.370 e. The number of aromatic nitrogens is 1. The van der Waals surface area contributed by atoms with Crippen molar-refractivity contribution in [1.29, 1.82) is 0 Å². The van der Waals surface area contributed by atoms with Crippen LogP contribution >= 0.6 is 0 Å². The maximum Gasteiger partial charge on any atom is 0.217 e. The Morgan fingerprint density at radius 2 is 2.08 bits per heavy atom. The summed E-state index contributed by atoms with van der Waals surface area (Å²) in [5.74, 6) is -0.252. The summed E-state index contributed by atoms with van der Waals surface area (Å²) in [6.07, 6.45) is 3.41. The van der Waals surface area contributed by atoms with E-state index in [1.54, 1.807) is 0 Å². The molecule has 0 aliphatic carbocycles. The number of rotatable bonds is 6. The first-order valence-corrected chi connectivity index (χ1v) is 9.06. The van der Waals surface area contributed by atoms with E-state index >= 15 is 0 Å². The third kappa shape index (κ3) is 4.67. The Morgan fingerprint density at radius 3 is 2.84 bits per heavy atom. The first-order chi connectivity index (χ1) is 12.0. The van der Waals surface area contributed by atoms with E-state index in [0.29, 0.717) is 18.9 Å². The van der Waals surface area contributed by atoms with Gasteiger partial charge in [-0.2, -0.15) is 0 Å². The van der Waals surface area contributed by atoms with Gasteiger partial charge in [0.25, 0.3) is 0 Å². The normalized spacial score (nSPS) is 17.8. The second-order valence-corrected chi connectivity index (χ2v) is 7.13. The molecule has 0 bridgehead atoms. The fourth-order valence-corrected chi connectivity index (χ4v) is 3.75. The SMILES string of the molecule is Cc1cccc(CN2CCC[C@H]2c2cc(CCC(N)=O)cc(C)n2)c1. The van der Waals surface area contributed by atoms with Crippen LogP contribution in [0.15, 0.2) is 36.4 Å². The molecule has 3 rings (SSSR count). The van der Waals surface area contributed by atoms with E-state index in [-0.39, 0.29) is 5.91 Å². The Bertz CT molecular complexity index is 757. The van der Waals surface area contributed by atoms with Crippen molar-refractivity contribution in [2.75, 3.05) is 6.54 Å². The summed E-state index contributed by atoms with van der Waals surface area (Å²) in [5, 5.41) is 0.